The fraction of sp³-hybridized carbons (Fsp3) is 0.467. The maximum atomic E-state index is 11.9. The summed E-state index contributed by atoms with van der Waals surface area (Å²) in [5.74, 6) is 0.0529. The molecule has 6 heteroatoms. The molecule has 4 N–H and O–H groups in total. The molecule has 1 unspecified atom stereocenters. The number of halogens is 1. The third-order valence-corrected chi connectivity index (χ3v) is 3.39. The predicted octanol–water partition coefficient (Wildman–Crippen LogP) is 1.06. The molecule has 21 heavy (non-hydrogen) atoms. The van der Waals surface area contributed by atoms with Crippen molar-refractivity contribution in [1.29, 1.82) is 0 Å². The van der Waals surface area contributed by atoms with Crippen LogP contribution in [-0.2, 0) is 9.59 Å². The summed E-state index contributed by atoms with van der Waals surface area (Å²) >= 11 is 0. The van der Waals surface area contributed by atoms with Crippen molar-refractivity contribution in [2.24, 2.45) is 11.7 Å². The molecule has 0 heterocycles. The lowest BCUT2D eigenvalue weighted by Crippen LogP contribution is -2.39. The highest BCUT2D eigenvalue weighted by molar-refractivity contribution is 5.85. The van der Waals surface area contributed by atoms with E-state index < -0.39 is 6.04 Å². The van der Waals surface area contributed by atoms with E-state index >= 15 is 0 Å². The van der Waals surface area contributed by atoms with Crippen molar-refractivity contribution in [3.05, 3.63) is 35.4 Å². The van der Waals surface area contributed by atoms with Crippen LogP contribution < -0.4 is 16.4 Å². The Kier molecular flexibility index (Phi) is 6.65. The molecule has 2 rings (SSSR count). The van der Waals surface area contributed by atoms with Gasteiger partial charge in [0.1, 0.15) is 6.04 Å². The molecule has 0 saturated heterocycles. The number of nitrogens with one attached hydrogen (secondary N) is 2. The SMILES string of the molecule is Cc1ccc(C(N)C(=O)NCCNC(=O)C2CC2)cc1.Cl. The van der Waals surface area contributed by atoms with Crippen LogP contribution in [0, 0.1) is 12.8 Å². The average Bonchev–Trinajstić information content (AvgIpc) is 3.27. The number of rotatable bonds is 6. The fourth-order valence-corrected chi connectivity index (χ4v) is 1.90. The van der Waals surface area contributed by atoms with E-state index in [1.54, 1.807) is 0 Å². The first-order valence-electron chi connectivity index (χ1n) is 6.95. The zero-order chi connectivity index (χ0) is 14.5. The monoisotopic (exact) mass is 311 g/mol. The van der Waals surface area contributed by atoms with Gasteiger partial charge < -0.3 is 16.4 Å². The summed E-state index contributed by atoms with van der Waals surface area (Å²) in [7, 11) is 0. The van der Waals surface area contributed by atoms with E-state index in [0.29, 0.717) is 13.1 Å². The summed E-state index contributed by atoms with van der Waals surface area (Å²) in [5, 5.41) is 5.52. The second kappa shape index (κ2) is 8.00. The van der Waals surface area contributed by atoms with E-state index in [1.165, 1.54) is 0 Å². The van der Waals surface area contributed by atoms with E-state index in [4.69, 9.17) is 5.73 Å². The zero-order valence-corrected chi connectivity index (χ0v) is 12.9. The maximum Gasteiger partial charge on any atom is 0.241 e. The minimum absolute atomic E-state index is 0. The van der Waals surface area contributed by atoms with E-state index in [-0.39, 0.29) is 30.1 Å². The van der Waals surface area contributed by atoms with E-state index in [1.807, 2.05) is 31.2 Å². The smallest absolute Gasteiger partial charge is 0.241 e. The maximum absolute atomic E-state index is 11.9. The van der Waals surface area contributed by atoms with Crippen LogP contribution in [0.3, 0.4) is 0 Å². The minimum atomic E-state index is -0.672. The summed E-state index contributed by atoms with van der Waals surface area (Å²) in [5.41, 5.74) is 7.81. The molecule has 1 atom stereocenters. The third kappa shape index (κ3) is 5.36. The van der Waals surface area contributed by atoms with Crippen molar-refractivity contribution in [3.63, 3.8) is 0 Å². The minimum Gasteiger partial charge on any atom is -0.354 e. The molecule has 116 valence electrons. The van der Waals surface area contributed by atoms with Crippen LogP contribution in [0.25, 0.3) is 0 Å². The molecule has 1 saturated carbocycles. The highest BCUT2D eigenvalue weighted by Gasteiger charge is 2.29. The van der Waals surface area contributed by atoms with Crippen LogP contribution in [0.5, 0.6) is 0 Å². The molecule has 1 aliphatic rings. The predicted molar refractivity (Wildman–Crippen MR) is 84.1 cm³/mol. The number of nitrogens with two attached hydrogens (primary N) is 1. The molecule has 1 aromatic carbocycles. The molecule has 0 bridgehead atoms. The molecule has 2 amide bonds. The molecule has 1 aromatic rings. The van der Waals surface area contributed by atoms with Crippen LogP contribution in [-0.4, -0.2) is 24.9 Å². The molecule has 0 aliphatic heterocycles. The fourth-order valence-electron chi connectivity index (χ4n) is 1.90. The lowest BCUT2D eigenvalue weighted by molar-refractivity contribution is -0.124. The van der Waals surface area contributed by atoms with Crippen molar-refractivity contribution in [1.82, 2.24) is 10.6 Å². The first-order chi connectivity index (χ1) is 9.58. The van der Waals surface area contributed by atoms with Gasteiger partial charge in [0, 0.05) is 19.0 Å². The first-order valence-corrected chi connectivity index (χ1v) is 6.95. The molecular formula is C15H22ClN3O2. The van der Waals surface area contributed by atoms with Crippen LogP contribution >= 0.6 is 12.4 Å². The van der Waals surface area contributed by atoms with Gasteiger partial charge in [0.25, 0.3) is 0 Å². The lowest BCUT2D eigenvalue weighted by Gasteiger charge is -2.13. The van der Waals surface area contributed by atoms with Crippen molar-refractivity contribution in [2.45, 2.75) is 25.8 Å². The number of carbonyl (C=O) groups excluding carboxylic acids is 2. The van der Waals surface area contributed by atoms with Crippen LogP contribution in [0.4, 0.5) is 0 Å². The van der Waals surface area contributed by atoms with Crippen LogP contribution in [0.1, 0.15) is 30.0 Å². The Morgan fingerprint density at radius 3 is 2.33 bits per heavy atom. The van der Waals surface area contributed by atoms with E-state index in [2.05, 4.69) is 10.6 Å². The topological polar surface area (TPSA) is 84.2 Å². The summed E-state index contributed by atoms with van der Waals surface area (Å²) in [6, 6.07) is 6.90. The van der Waals surface area contributed by atoms with Gasteiger partial charge in [0.2, 0.25) is 11.8 Å². The lowest BCUT2D eigenvalue weighted by atomic mass is 10.1. The molecule has 1 fully saturated rings. The number of hydrogen-bond acceptors (Lipinski definition) is 3. The number of amides is 2. The number of benzene rings is 1. The van der Waals surface area contributed by atoms with Gasteiger partial charge >= 0.3 is 0 Å². The summed E-state index contributed by atoms with van der Waals surface area (Å²) in [4.78, 5) is 23.3. The molecule has 1 aliphatic carbocycles. The van der Waals surface area contributed by atoms with Gasteiger partial charge in [-0.1, -0.05) is 29.8 Å². The van der Waals surface area contributed by atoms with Crippen molar-refractivity contribution >= 4 is 24.2 Å². The Morgan fingerprint density at radius 2 is 1.76 bits per heavy atom. The van der Waals surface area contributed by atoms with Gasteiger partial charge in [0.05, 0.1) is 0 Å². The van der Waals surface area contributed by atoms with Crippen LogP contribution in [0.2, 0.25) is 0 Å². The quantitative estimate of drug-likeness (QED) is 0.687. The standard InChI is InChI=1S/C15H21N3O2.ClH/c1-10-2-4-11(5-3-10)13(16)15(20)18-9-8-17-14(19)12-6-7-12;/h2-5,12-13H,6-9,16H2,1H3,(H,17,19)(H,18,20);1H. The molecule has 0 radical (unpaired) electrons. The number of carbonyl (C=O) groups is 2. The van der Waals surface area contributed by atoms with Gasteiger partial charge in [-0.3, -0.25) is 9.59 Å². The average molecular weight is 312 g/mol. The number of aryl methyl sites for hydroxylation is 1. The Hall–Kier alpha value is -1.59. The van der Waals surface area contributed by atoms with Crippen molar-refractivity contribution < 1.29 is 9.59 Å². The molecule has 0 spiro atoms. The van der Waals surface area contributed by atoms with Crippen molar-refractivity contribution in [3.8, 4) is 0 Å². The highest BCUT2D eigenvalue weighted by Crippen LogP contribution is 2.28. The van der Waals surface area contributed by atoms with Gasteiger partial charge in [-0.2, -0.15) is 0 Å². The Balaban J connectivity index is 0.00000220. The Bertz CT molecular complexity index is 486. The largest absolute Gasteiger partial charge is 0.354 e. The number of hydrogen-bond donors (Lipinski definition) is 3. The van der Waals surface area contributed by atoms with Gasteiger partial charge in [-0.05, 0) is 25.3 Å². The van der Waals surface area contributed by atoms with Crippen LogP contribution in [0.15, 0.2) is 24.3 Å². The van der Waals surface area contributed by atoms with Gasteiger partial charge in [0.15, 0.2) is 0 Å². The zero-order valence-electron chi connectivity index (χ0n) is 12.1. The first kappa shape index (κ1) is 17.5. The van der Waals surface area contributed by atoms with Gasteiger partial charge in [-0.15, -0.1) is 12.4 Å². The second-order valence-corrected chi connectivity index (χ2v) is 5.24. The van der Waals surface area contributed by atoms with Crippen molar-refractivity contribution in [2.75, 3.05) is 13.1 Å². The summed E-state index contributed by atoms with van der Waals surface area (Å²) < 4.78 is 0. The second-order valence-electron chi connectivity index (χ2n) is 5.24. The van der Waals surface area contributed by atoms with E-state index in [9.17, 15) is 9.59 Å². The molecular weight excluding hydrogens is 290 g/mol. The summed E-state index contributed by atoms with van der Waals surface area (Å²) in [6.45, 7) is 2.83. The van der Waals surface area contributed by atoms with E-state index in [0.717, 1.165) is 24.0 Å². The Morgan fingerprint density at radius 1 is 1.19 bits per heavy atom. The molecule has 0 aromatic heterocycles. The highest BCUT2D eigenvalue weighted by atomic mass is 35.5. The van der Waals surface area contributed by atoms with Gasteiger partial charge in [-0.25, -0.2) is 0 Å². The normalized spacial score (nSPS) is 14.8. The Labute approximate surface area is 131 Å². The molecule has 5 nitrogen and oxygen atoms in total. The third-order valence-electron chi connectivity index (χ3n) is 3.39. The summed E-state index contributed by atoms with van der Waals surface area (Å²) in [6.07, 6.45) is 1.97.